The van der Waals surface area contributed by atoms with Gasteiger partial charge in [0.2, 0.25) is 0 Å². The van der Waals surface area contributed by atoms with Crippen molar-refractivity contribution in [2.24, 2.45) is 11.8 Å². The van der Waals surface area contributed by atoms with E-state index in [4.69, 9.17) is 11.2 Å². The zero-order valence-electron chi connectivity index (χ0n) is 22.7. The first-order valence-electron chi connectivity index (χ1n) is 13.8. The van der Waals surface area contributed by atoms with Gasteiger partial charge >= 0.3 is 6.09 Å². The van der Waals surface area contributed by atoms with Crippen molar-refractivity contribution < 1.29 is 14.3 Å². The predicted octanol–water partition coefficient (Wildman–Crippen LogP) is 5.99. The second-order valence-electron chi connectivity index (χ2n) is 11.6. The van der Waals surface area contributed by atoms with Gasteiger partial charge in [-0.2, -0.15) is 0 Å². The van der Waals surface area contributed by atoms with Crippen molar-refractivity contribution >= 4 is 12.0 Å². The van der Waals surface area contributed by atoms with Gasteiger partial charge < -0.3 is 9.64 Å². The molecule has 1 aromatic rings. The molecule has 1 saturated heterocycles. The normalized spacial score (nSPS) is 21.4. The summed E-state index contributed by atoms with van der Waals surface area (Å²) in [4.78, 5) is 27.9. The van der Waals surface area contributed by atoms with E-state index >= 15 is 0 Å². The lowest BCUT2D eigenvalue weighted by atomic mass is 9.80. The number of likely N-dealkylation sites (tertiary alicyclic amines) is 1. The number of benzene rings is 1. The number of carbonyl (C=O) groups is 2. The van der Waals surface area contributed by atoms with Gasteiger partial charge in [0.05, 0.1) is 0 Å². The Morgan fingerprint density at radius 1 is 1.06 bits per heavy atom. The summed E-state index contributed by atoms with van der Waals surface area (Å²) < 4.78 is 5.42. The number of nitrogens with zero attached hydrogens (tertiary/aromatic N) is 2. The van der Waals surface area contributed by atoms with E-state index < -0.39 is 11.7 Å². The molecule has 0 radical (unpaired) electrons. The highest BCUT2D eigenvalue weighted by atomic mass is 16.6. The van der Waals surface area contributed by atoms with Crippen LogP contribution in [0.1, 0.15) is 101 Å². The van der Waals surface area contributed by atoms with E-state index in [-0.39, 0.29) is 5.91 Å². The number of nitrogens with one attached hydrogen (secondary N) is 1. The molecule has 1 aliphatic carbocycles. The first kappa shape index (κ1) is 28.1. The van der Waals surface area contributed by atoms with Crippen molar-refractivity contribution in [3.63, 3.8) is 0 Å². The zero-order valence-corrected chi connectivity index (χ0v) is 22.7. The molecule has 1 N–H and O–H groups in total. The van der Waals surface area contributed by atoms with Crippen LogP contribution in [-0.4, -0.2) is 53.7 Å². The fourth-order valence-electron chi connectivity index (χ4n) is 5.43. The summed E-state index contributed by atoms with van der Waals surface area (Å²) in [7, 11) is 0. The molecule has 198 valence electrons. The maximum Gasteiger partial charge on any atom is 0.429 e. The number of ether oxygens (including phenoxy) is 1. The third-order valence-corrected chi connectivity index (χ3v) is 7.42. The van der Waals surface area contributed by atoms with Crippen LogP contribution >= 0.6 is 0 Å². The second kappa shape index (κ2) is 13.1. The number of hydrogen-bond donors (Lipinski definition) is 1. The molecule has 0 aromatic heterocycles. The lowest BCUT2D eigenvalue weighted by Gasteiger charge is -2.36. The SMILES string of the molecule is C#CCC1CCC(CN2CCC(c3ccc(C(=O)NN(CCC)C(=O)OC(C)(C)C)cc3)CC2)CC1. The molecule has 2 aliphatic rings. The first-order chi connectivity index (χ1) is 17.2. The summed E-state index contributed by atoms with van der Waals surface area (Å²) >= 11 is 0. The highest BCUT2D eigenvalue weighted by Crippen LogP contribution is 2.33. The number of carbonyl (C=O) groups excluding carboxylic acids is 2. The number of hydrazine groups is 1. The van der Waals surface area contributed by atoms with E-state index in [2.05, 4.69) is 28.4 Å². The lowest BCUT2D eigenvalue weighted by molar-refractivity contribution is 0.0133. The van der Waals surface area contributed by atoms with Crippen LogP contribution in [0.5, 0.6) is 0 Å². The average molecular weight is 496 g/mol. The largest absolute Gasteiger partial charge is 0.442 e. The van der Waals surface area contributed by atoms with Crippen LogP contribution in [0, 0.1) is 24.2 Å². The quantitative estimate of drug-likeness (QED) is 0.373. The Balaban J connectivity index is 1.46. The first-order valence-corrected chi connectivity index (χ1v) is 13.8. The van der Waals surface area contributed by atoms with Gasteiger partial charge in [0.1, 0.15) is 5.60 Å². The molecule has 0 unspecified atom stereocenters. The van der Waals surface area contributed by atoms with Crippen LogP contribution in [0.15, 0.2) is 24.3 Å². The van der Waals surface area contributed by atoms with Crippen LogP contribution < -0.4 is 5.43 Å². The monoisotopic (exact) mass is 495 g/mol. The molecule has 2 amide bonds. The standard InChI is InChI=1S/C30H45N3O3/c1-6-8-23-9-11-24(12-10-23)22-32-20-17-26(18-21-32)25-13-15-27(16-14-25)28(34)31-33(19-7-2)29(35)36-30(3,4)5/h1,13-16,23-24,26H,7-12,17-22H2,2-5H3,(H,31,34). The number of hydrogen-bond acceptors (Lipinski definition) is 4. The molecule has 1 saturated carbocycles. The number of terminal acetylenes is 1. The van der Waals surface area contributed by atoms with E-state index in [1.807, 2.05) is 39.8 Å². The minimum atomic E-state index is -0.618. The summed E-state index contributed by atoms with van der Waals surface area (Å²) in [5.41, 5.74) is 3.93. The van der Waals surface area contributed by atoms with E-state index in [1.165, 1.54) is 42.8 Å². The Bertz CT molecular complexity index is 883. The Hall–Kier alpha value is -2.52. The molecule has 36 heavy (non-hydrogen) atoms. The van der Waals surface area contributed by atoms with Crippen LogP contribution in [0.3, 0.4) is 0 Å². The summed E-state index contributed by atoms with van der Waals surface area (Å²) in [6, 6.07) is 7.87. The molecule has 2 fully saturated rings. The fourth-order valence-corrected chi connectivity index (χ4v) is 5.43. The molecule has 0 bridgehead atoms. The van der Waals surface area contributed by atoms with Gasteiger partial charge in [-0.1, -0.05) is 19.1 Å². The minimum Gasteiger partial charge on any atom is -0.442 e. The molecular weight excluding hydrogens is 450 g/mol. The van der Waals surface area contributed by atoms with Crippen LogP contribution in [-0.2, 0) is 4.74 Å². The summed E-state index contributed by atoms with van der Waals surface area (Å²) in [6.45, 7) is 11.3. The molecule has 6 nitrogen and oxygen atoms in total. The van der Waals surface area contributed by atoms with Crippen LogP contribution in [0.4, 0.5) is 4.79 Å². The van der Waals surface area contributed by atoms with E-state index in [0.717, 1.165) is 44.2 Å². The highest BCUT2D eigenvalue weighted by Gasteiger charge is 2.27. The zero-order chi connectivity index (χ0) is 26.1. The summed E-state index contributed by atoms with van der Waals surface area (Å²) in [6.07, 6.45) is 14.1. The van der Waals surface area contributed by atoms with Gasteiger partial charge in [0.25, 0.3) is 5.91 Å². The maximum absolute atomic E-state index is 12.8. The number of rotatable bonds is 7. The number of amides is 2. The summed E-state index contributed by atoms with van der Waals surface area (Å²) in [5, 5.41) is 1.26. The lowest BCUT2D eigenvalue weighted by Crippen LogP contribution is -2.48. The number of piperidine rings is 1. The van der Waals surface area contributed by atoms with Gasteiger partial charge in [-0.05, 0) is 114 Å². The molecule has 1 aromatic carbocycles. The van der Waals surface area contributed by atoms with Crippen LogP contribution in [0.2, 0.25) is 0 Å². The minimum absolute atomic E-state index is 0.298. The summed E-state index contributed by atoms with van der Waals surface area (Å²) in [5.74, 6) is 4.63. The van der Waals surface area contributed by atoms with Gasteiger partial charge in [0, 0.05) is 25.1 Å². The smallest absolute Gasteiger partial charge is 0.429 e. The third-order valence-electron chi connectivity index (χ3n) is 7.42. The fraction of sp³-hybridized carbons (Fsp3) is 0.667. The Kier molecular flexibility index (Phi) is 10.2. The topological polar surface area (TPSA) is 61.9 Å². The van der Waals surface area contributed by atoms with Crippen molar-refractivity contribution in [2.45, 2.75) is 90.6 Å². The predicted molar refractivity (Wildman–Crippen MR) is 144 cm³/mol. The van der Waals surface area contributed by atoms with Gasteiger partial charge in [0.15, 0.2) is 0 Å². The van der Waals surface area contributed by atoms with Gasteiger partial charge in [-0.15, -0.1) is 12.3 Å². The van der Waals surface area contributed by atoms with Crippen molar-refractivity contribution in [2.75, 3.05) is 26.2 Å². The van der Waals surface area contributed by atoms with Crippen molar-refractivity contribution in [3.05, 3.63) is 35.4 Å². The van der Waals surface area contributed by atoms with E-state index in [0.29, 0.717) is 24.4 Å². The maximum atomic E-state index is 12.8. The van der Waals surface area contributed by atoms with E-state index in [1.54, 1.807) is 0 Å². The molecule has 0 spiro atoms. The molecule has 0 atom stereocenters. The molecule has 3 rings (SSSR count). The second-order valence-corrected chi connectivity index (χ2v) is 11.6. The Morgan fingerprint density at radius 3 is 2.22 bits per heavy atom. The van der Waals surface area contributed by atoms with Crippen molar-refractivity contribution in [1.82, 2.24) is 15.3 Å². The van der Waals surface area contributed by atoms with Crippen molar-refractivity contribution in [3.8, 4) is 12.3 Å². The molecular formula is C30H45N3O3. The Labute approximate surface area is 218 Å². The van der Waals surface area contributed by atoms with Crippen molar-refractivity contribution in [1.29, 1.82) is 0 Å². The molecule has 1 heterocycles. The van der Waals surface area contributed by atoms with E-state index in [9.17, 15) is 9.59 Å². The third kappa shape index (κ3) is 8.55. The van der Waals surface area contributed by atoms with Gasteiger partial charge in [-0.25, -0.2) is 9.80 Å². The average Bonchev–Trinajstić information content (AvgIpc) is 2.84. The Morgan fingerprint density at radius 2 is 1.67 bits per heavy atom. The highest BCUT2D eigenvalue weighted by molar-refractivity contribution is 5.95. The van der Waals surface area contributed by atoms with Crippen LogP contribution in [0.25, 0.3) is 0 Å². The molecule has 6 heteroatoms. The van der Waals surface area contributed by atoms with Gasteiger partial charge in [-0.3, -0.25) is 10.2 Å². The molecule has 1 aliphatic heterocycles.